The molecule has 6 heteroatoms. The molecule has 118 valence electrons. The Morgan fingerprint density at radius 3 is 2.61 bits per heavy atom. The van der Waals surface area contributed by atoms with Gasteiger partial charge < -0.3 is 0 Å². The second kappa shape index (κ2) is 5.94. The lowest BCUT2D eigenvalue weighted by Gasteiger charge is -2.21. The van der Waals surface area contributed by atoms with Crippen LogP contribution < -0.4 is 4.31 Å². The lowest BCUT2D eigenvalue weighted by molar-refractivity contribution is 0.595. The number of benzene rings is 2. The van der Waals surface area contributed by atoms with Crippen molar-refractivity contribution in [1.82, 2.24) is 4.98 Å². The minimum atomic E-state index is -3.67. The van der Waals surface area contributed by atoms with Crippen molar-refractivity contribution in [2.24, 2.45) is 0 Å². The summed E-state index contributed by atoms with van der Waals surface area (Å²) in [6.45, 7) is 1.93. The number of pyridine rings is 1. The van der Waals surface area contributed by atoms with Gasteiger partial charge in [0.15, 0.2) is 0 Å². The Balaban J connectivity index is 2.15. The number of fused-ring (bicyclic) bond motifs is 1. The molecule has 1 aromatic heterocycles. The molecule has 0 radical (unpaired) electrons. The van der Waals surface area contributed by atoms with Gasteiger partial charge >= 0.3 is 0 Å². The van der Waals surface area contributed by atoms with Crippen LogP contribution in [0.3, 0.4) is 0 Å². The molecule has 0 spiro atoms. The highest BCUT2D eigenvalue weighted by Crippen LogP contribution is 2.29. The molecule has 0 saturated heterocycles. The van der Waals surface area contributed by atoms with Crippen LogP contribution in [0.15, 0.2) is 64.1 Å². The molecule has 1 heterocycles. The topological polar surface area (TPSA) is 50.3 Å². The molecule has 0 saturated carbocycles. The first-order valence-electron chi connectivity index (χ1n) is 7.00. The van der Waals surface area contributed by atoms with E-state index in [0.29, 0.717) is 16.6 Å². The van der Waals surface area contributed by atoms with Gasteiger partial charge in [-0.05, 0) is 55.0 Å². The number of hydrogen-bond donors (Lipinski definition) is 0. The second-order valence-corrected chi connectivity index (χ2v) is 8.02. The highest BCUT2D eigenvalue weighted by molar-refractivity contribution is 9.10. The van der Waals surface area contributed by atoms with Crippen molar-refractivity contribution < 1.29 is 8.42 Å². The summed E-state index contributed by atoms with van der Waals surface area (Å²) in [6.07, 6.45) is 1.65. The highest BCUT2D eigenvalue weighted by atomic mass is 79.9. The van der Waals surface area contributed by atoms with E-state index in [9.17, 15) is 8.42 Å². The van der Waals surface area contributed by atoms with Gasteiger partial charge in [-0.2, -0.15) is 0 Å². The van der Waals surface area contributed by atoms with E-state index in [1.165, 1.54) is 4.31 Å². The second-order valence-electron chi connectivity index (χ2n) is 5.23. The Bertz CT molecular complexity index is 982. The first-order chi connectivity index (χ1) is 10.9. The molecular weight excluding hydrogens is 376 g/mol. The number of halogens is 1. The zero-order valence-corrected chi connectivity index (χ0v) is 15.1. The maximum Gasteiger partial charge on any atom is 0.264 e. The number of hydrogen-bond acceptors (Lipinski definition) is 3. The molecule has 0 atom stereocenters. The van der Waals surface area contributed by atoms with Gasteiger partial charge in [-0.15, -0.1) is 0 Å². The molecule has 0 amide bonds. The number of aryl methyl sites for hydroxylation is 1. The van der Waals surface area contributed by atoms with E-state index >= 15 is 0 Å². The molecule has 0 aliphatic rings. The number of sulfonamides is 1. The maximum absolute atomic E-state index is 13.0. The Morgan fingerprint density at radius 2 is 1.87 bits per heavy atom. The van der Waals surface area contributed by atoms with Crippen molar-refractivity contribution in [3.63, 3.8) is 0 Å². The number of nitrogens with zero attached hydrogens (tertiary/aromatic N) is 2. The van der Waals surface area contributed by atoms with Crippen LogP contribution in [0.1, 0.15) is 5.56 Å². The lowest BCUT2D eigenvalue weighted by atomic mass is 10.2. The van der Waals surface area contributed by atoms with Gasteiger partial charge in [-0.3, -0.25) is 9.29 Å². The predicted octanol–water partition coefficient (Wildman–Crippen LogP) is 4.13. The van der Waals surface area contributed by atoms with Gasteiger partial charge in [0.1, 0.15) is 0 Å². The Hall–Kier alpha value is -1.92. The van der Waals surface area contributed by atoms with Crippen LogP contribution in [0.25, 0.3) is 10.9 Å². The Labute approximate surface area is 144 Å². The summed E-state index contributed by atoms with van der Waals surface area (Å²) in [5, 5.41) is 0.621. The third kappa shape index (κ3) is 2.84. The van der Waals surface area contributed by atoms with E-state index in [2.05, 4.69) is 20.9 Å². The highest BCUT2D eigenvalue weighted by Gasteiger charge is 2.23. The summed E-state index contributed by atoms with van der Waals surface area (Å²) >= 11 is 3.43. The first kappa shape index (κ1) is 16.0. The molecule has 2 aromatic carbocycles. The molecular formula is C17H15BrN2O2S. The van der Waals surface area contributed by atoms with Crippen LogP contribution in [0.5, 0.6) is 0 Å². The van der Waals surface area contributed by atoms with E-state index in [4.69, 9.17) is 0 Å². The fraction of sp³-hybridized carbons (Fsp3) is 0.118. The molecule has 0 unspecified atom stereocenters. The summed E-state index contributed by atoms with van der Waals surface area (Å²) in [7, 11) is -2.11. The normalized spacial score (nSPS) is 11.6. The van der Waals surface area contributed by atoms with Crippen molar-refractivity contribution in [3.8, 4) is 0 Å². The molecule has 0 fully saturated rings. The van der Waals surface area contributed by atoms with Gasteiger partial charge in [0.2, 0.25) is 0 Å². The number of rotatable bonds is 3. The van der Waals surface area contributed by atoms with E-state index in [-0.39, 0.29) is 4.90 Å². The molecule has 0 aliphatic heterocycles. The van der Waals surface area contributed by atoms with Gasteiger partial charge in [-0.1, -0.05) is 22.0 Å². The fourth-order valence-electron chi connectivity index (χ4n) is 2.41. The SMILES string of the molecule is Cc1cc(N(C)S(=O)(=O)c2cccc3ncccc23)ccc1Br. The van der Waals surface area contributed by atoms with E-state index in [1.54, 1.807) is 49.6 Å². The van der Waals surface area contributed by atoms with Gasteiger partial charge in [0, 0.05) is 23.1 Å². The fourth-order valence-corrected chi connectivity index (χ4v) is 4.04. The maximum atomic E-state index is 13.0. The van der Waals surface area contributed by atoms with Crippen molar-refractivity contribution in [2.75, 3.05) is 11.4 Å². The minimum Gasteiger partial charge on any atom is -0.269 e. The Morgan fingerprint density at radius 1 is 1.09 bits per heavy atom. The average Bonchev–Trinajstić information content (AvgIpc) is 2.56. The summed E-state index contributed by atoms with van der Waals surface area (Å²) < 4.78 is 28.3. The third-order valence-electron chi connectivity index (χ3n) is 3.75. The van der Waals surface area contributed by atoms with Crippen molar-refractivity contribution in [3.05, 3.63) is 64.8 Å². The van der Waals surface area contributed by atoms with Gasteiger partial charge in [0.05, 0.1) is 16.1 Å². The van der Waals surface area contributed by atoms with E-state index < -0.39 is 10.0 Å². The van der Waals surface area contributed by atoms with Crippen LogP contribution in [0.4, 0.5) is 5.69 Å². The molecule has 4 nitrogen and oxygen atoms in total. The zero-order chi connectivity index (χ0) is 16.6. The molecule has 0 bridgehead atoms. The van der Waals surface area contributed by atoms with E-state index in [1.807, 2.05) is 19.1 Å². The minimum absolute atomic E-state index is 0.256. The smallest absolute Gasteiger partial charge is 0.264 e. The van der Waals surface area contributed by atoms with Crippen molar-refractivity contribution >= 4 is 42.5 Å². The zero-order valence-electron chi connectivity index (χ0n) is 12.7. The van der Waals surface area contributed by atoms with Crippen LogP contribution in [-0.4, -0.2) is 20.4 Å². The Kier molecular flexibility index (Phi) is 4.12. The standard InChI is InChI=1S/C17H15BrN2O2S/c1-12-11-13(8-9-15(12)18)20(2)23(21,22)17-7-3-6-16-14(17)5-4-10-19-16/h3-11H,1-2H3. The number of anilines is 1. The summed E-state index contributed by atoms with van der Waals surface area (Å²) in [5.74, 6) is 0. The van der Waals surface area contributed by atoms with Crippen LogP contribution >= 0.6 is 15.9 Å². The average molecular weight is 391 g/mol. The van der Waals surface area contributed by atoms with Crippen molar-refractivity contribution in [2.45, 2.75) is 11.8 Å². The third-order valence-corrected chi connectivity index (χ3v) is 6.48. The summed E-state index contributed by atoms with van der Waals surface area (Å²) in [6, 6.07) is 14.1. The summed E-state index contributed by atoms with van der Waals surface area (Å²) in [4.78, 5) is 4.48. The van der Waals surface area contributed by atoms with Crippen LogP contribution in [0.2, 0.25) is 0 Å². The molecule has 3 aromatic rings. The monoisotopic (exact) mass is 390 g/mol. The lowest BCUT2D eigenvalue weighted by Crippen LogP contribution is -2.26. The molecule has 0 aliphatic carbocycles. The largest absolute Gasteiger partial charge is 0.269 e. The predicted molar refractivity (Wildman–Crippen MR) is 96.2 cm³/mol. The quantitative estimate of drug-likeness (QED) is 0.675. The molecule has 23 heavy (non-hydrogen) atoms. The van der Waals surface area contributed by atoms with Gasteiger partial charge in [0.25, 0.3) is 10.0 Å². The molecule has 3 rings (SSSR count). The van der Waals surface area contributed by atoms with Gasteiger partial charge in [-0.25, -0.2) is 8.42 Å². The summed E-state index contributed by atoms with van der Waals surface area (Å²) in [5.41, 5.74) is 2.25. The van der Waals surface area contributed by atoms with Crippen LogP contribution in [-0.2, 0) is 10.0 Å². The van der Waals surface area contributed by atoms with Crippen molar-refractivity contribution in [1.29, 1.82) is 0 Å². The first-order valence-corrected chi connectivity index (χ1v) is 9.23. The molecule has 0 N–H and O–H groups in total. The van der Waals surface area contributed by atoms with E-state index in [0.717, 1.165) is 10.0 Å². The van der Waals surface area contributed by atoms with Crippen LogP contribution in [0, 0.1) is 6.92 Å². The number of aromatic nitrogens is 1.